The first kappa shape index (κ1) is 8.27. The molecule has 1 aromatic carbocycles. The number of rotatable bonds is 1. The van der Waals surface area contributed by atoms with E-state index in [0.29, 0.717) is 4.47 Å². The highest BCUT2D eigenvalue weighted by molar-refractivity contribution is 9.10. The van der Waals surface area contributed by atoms with Gasteiger partial charge in [0.1, 0.15) is 0 Å². The minimum atomic E-state index is -1.15. The minimum Gasteiger partial charge on any atom is -0.545 e. The van der Waals surface area contributed by atoms with Crippen LogP contribution in [-0.2, 0) is 0 Å². The molecule has 0 fully saturated rings. The molecule has 0 bridgehead atoms. The lowest BCUT2D eigenvalue weighted by Gasteiger charge is -2.05. The number of carboxylic acid groups (broad SMARTS) is 1. The van der Waals surface area contributed by atoms with E-state index in [4.69, 9.17) is 0 Å². The van der Waals surface area contributed by atoms with Crippen LogP contribution < -0.4 is 5.11 Å². The third-order valence-electron chi connectivity index (χ3n) is 1.34. The van der Waals surface area contributed by atoms with Crippen LogP contribution in [0.25, 0.3) is 0 Å². The van der Waals surface area contributed by atoms with Crippen LogP contribution in [0, 0.1) is 6.92 Å². The van der Waals surface area contributed by atoms with Crippen molar-refractivity contribution in [2.75, 3.05) is 0 Å². The molecule has 0 aromatic heterocycles. The zero-order valence-electron chi connectivity index (χ0n) is 5.93. The highest BCUT2D eigenvalue weighted by Gasteiger charge is 1.99. The van der Waals surface area contributed by atoms with Crippen LogP contribution in [0.5, 0.6) is 0 Å². The van der Waals surface area contributed by atoms with Gasteiger partial charge < -0.3 is 9.90 Å². The van der Waals surface area contributed by atoms with Crippen LogP contribution in [0.2, 0.25) is 0 Å². The van der Waals surface area contributed by atoms with Crippen LogP contribution >= 0.6 is 15.9 Å². The molecule has 11 heavy (non-hydrogen) atoms. The van der Waals surface area contributed by atoms with E-state index in [0.717, 1.165) is 5.56 Å². The maximum Gasteiger partial charge on any atom is 0.0726 e. The van der Waals surface area contributed by atoms with Crippen molar-refractivity contribution in [2.45, 2.75) is 6.92 Å². The van der Waals surface area contributed by atoms with Crippen molar-refractivity contribution in [3.05, 3.63) is 33.8 Å². The van der Waals surface area contributed by atoms with Crippen molar-refractivity contribution < 1.29 is 9.90 Å². The molecule has 1 aromatic rings. The van der Waals surface area contributed by atoms with Gasteiger partial charge in [0, 0.05) is 10.0 Å². The molecule has 3 heteroatoms. The van der Waals surface area contributed by atoms with Gasteiger partial charge in [-0.25, -0.2) is 0 Å². The largest absolute Gasteiger partial charge is 0.545 e. The molecule has 0 radical (unpaired) electrons. The van der Waals surface area contributed by atoms with Gasteiger partial charge in [0.05, 0.1) is 5.97 Å². The number of aryl methyl sites for hydroxylation is 1. The molecule has 0 saturated heterocycles. The number of carbonyl (C=O) groups is 1. The van der Waals surface area contributed by atoms with Gasteiger partial charge in [0.15, 0.2) is 0 Å². The Morgan fingerprint density at radius 2 is 2.18 bits per heavy atom. The van der Waals surface area contributed by atoms with Gasteiger partial charge in [0.25, 0.3) is 0 Å². The molecule has 58 valence electrons. The highest BCUT2D eigenvalue weighted by atomic mass is 79.9. The fraction of sp³-hybridized carbons (Fsp3) is 0.125. The number of aromatic carboxylic acids is 1. The third kappa shape index (κ3) is 1.80. The van der Waals surface area contributed by atoms with E-state index in [1.165, 1.54) is 0 Å². The van der Waals surface area contributed by atoms with Gasteiger partial charge in [-0.3, -0.25) is 0 Å². The first-order chi connectivity index (χ1) is 5.11. The second kappa shape index (κ2) is 3.05. The van der Waals surface area contributed by atoms with Gasteiger partial charge in [-0.15, -0.1) is 0 Å². The molecule has 0 aliphatic rings. The van der Waals surface area contributed by atoms with E-state index in [1.54, 1.807) is 12.1 Å². The van der Waals surface area contributed by atoms with Crippen LogP contribution in [0.4, 0.5) is 0 Å². The lowest BCUT2D eigenvalue weighted by Crippen LogP contribution is -2.22. The van der Waals surface area contributed by atoms with Crippen LogP contribution in [0.1, 0.15) is 15.9 Å². The van der Waals surface area contributed by atoms with Crippen molar-refractivity contribution in [3.63, 3.8) is 0 Å². The summed E-state index contributed by atoms with van der Waals surface area (Å²) < 4.78 is 0.558. The number of benzene rings is 1. The summed E-state index contributed by atoms with van der Waals surface area (Å²) in [6.45, 7) is 1.83. The van der Waals surface area contributed by atoms with Crippen molar-refractivity contribution in [1.82, 2.24) is 0 Å². The second-order valence-electron chi connectivity index (χ2n) is 2.27. The Hall–Kier alpha value is -0.830. The van der Waals surface area contributed by atoms with Crippen LogP contribution in [0.3, 0.4) is 0 Å². The van der Waals surface area contributed by atoms with Gasteiger partial charge in [0.2, 0.25) is 0 Å². The molecule has 2 nitrogen and oxygen atoms in total. The van der Waals surface area contributed by atoms with E-state index >= 15 is 0 Å². The number of halogens is 1. The average molecular weight is 214 g/mol. The molecule has 1 rings (SSSR count). The Labute approximate surface area is 73.0 Å². The Balaban J connectivity index is 3.23. The fourth-order valence-corrected chi connectivity index (χ4v) is 1.20. The standard InChI is InChI=1S/C8H7BrO2/c1-5-2-3-7(9)6(4-5)8(10)11/h2-4H,1H3,(H,10,11)/p-1. The van der Waals surface area contributed by atoms with E-state index in [-0.39, 0.29) is 5.56 Å². The average Bonchev–Trinajstić information content (AvgIpc) is 1.94. The predicted molar refractivity (Wildman–Crippen MR) is 43.2 cm³/mol. The number of carbonyl (C=O) groups excluding carboxylic acids is 1. The number of hydrogen-bond acceptors (Lipinski definition) is 2. The molecule has 0 heterocycles. The molecular weight excluding hydrogens is 208 g/mol. The van der Waals surface area contributed by atoms with E-state index in [9.17, 15) is 9.90 Å². The Morgan fingerprint density at radius 1 is 1.55 bits per heavy atom. The summed E-state index contributed by atoms with van der Waals surface area (Å²) in [6.07, 6.45) is 0. The van der Waals surface area contributed by atoms with E-state index < -0.39 is 5.97 Å². The quantitative estimate of drug-likeness (QED) is 0.702. The topological polar surface area (TPSA) is 40.1 Å². The number of hydrogen-bond donors (Lipinski definition) is 0. The SMILES string of the molecule is Cc1ccc(Br)c(C(=O)[O-])c1. The first-order valence-electron chi connectivity index (χ1n) is 3.09. The summed E-state index contributed by atoms with van der Waals surface area (Å²) >= 11 is 3.11. The van der Waals surface area contributed by atoms with E-state index in [2.05, 4.69) is 15.9 Å². The fourth-order valence-electron chi connectivity index (χ4n) is 0.796. The zero-order valence-corrected chi connectivity index (χ0v) is 7.51. The minimum absolute atomic E-state index is 0.199. The third-order valence-corrected chi connectivity index (χ3v) is 2.03. The summed E-state index contributed by atoms with van der Waals surface area (Å²) in [5.41, 5.74) is 1.11. The molecule has 0 spiro atoms. The number of carboxylic acids is 1. The van der Waals surface area contributed by atoms with Gasteiger partial charge in [-0.2, -0.15) is 0 Å². The maximum absolute atomic E-state index is 10.4. The summed E-state index contributed by atoms with van der Waals surface area (Å²) in [6, 6.07) is 5.09. The van der Waals surface area contributed by atoms with Gasteiger partial charge >= 0.3 is 0 Å². The molecule has 0 saturated carbocycles. The Morgan fingerprint density at radius 3 is 2.64 bits per heavy atom. The Kier molecular flexibility index (Phi) is 2.29. The molecule has 0 aliphatic heterocycles. The molecule has 0 amide bonds. The highest BCUT2D eigenvalue weighted by Crippen LogP contribution is 2.16. The maximum atomic E-state index is 10.4. The van der Waals surface area contributed by atoms with Crippen molar-refractivity contribution in [3.8, 4) is 0 Å². The van der Waals surface area contributed by atoms with Crippen molar-refractivity contribution >= 4 is 21.9 Å². The Bertz CT molecular complexity index is 294. The summed E-state index contributed by atoms with van der Waals surface area (Å²) in [5.74, 6) is -1.15. The normalized spacial score (nSPS) is 9.64. The molecule has 0 unspecified atom stereocenters. The molecule has 0 N–H and O–H groups in total. The van der Waals surface area contributed by atoms with Gasteiger partial charge in [-0.1, -0.05) is 27.6 Å². The lowest BCUT2D eigenvalue weighted by molar-refractivity contribution is -0.255. The van der Waals surface area contributed by atoms with Crippen molar-refractivity contribution in [1.29, 1.82) is 0 Å². The second-order valence-corrected chi connectivity index (χ2v) is 3.13. The molecular formula is C8H6BrO2-. The van der Waals surface area contributed by atoms with Crippen LogP contribution in [-0.4, -0.2) is 5.97 Å². The zero-order chi connectivity index (χ0) is 8.43. The summed E-state index contributed by atoms with van der Waals surface area (Å²) in [5, 5.41) is 10.4. The summed E-state index contributed by atoms with van der Waals surface area (Å²) in [7, 11) is 0. The summed E-state index contributed by atoms with van der Waals surface area (Å²) in [4.78, 5) is 10.4. The predicted octanol–water partition coefficient (Wildman–Crippen LogP) is 1.12. The smallest absolute Gasteiger partial charge is 0.0726 e. The monoisotopic (exact) mass is 213 g/mol. The molecule has 0 aliphatic carbocycles. The lowest BCUT2D eigenvalue weighted by atomic mass is 10.1. The first-order valence-corrected chi connectivity index (χ1v) is 3.88. The van der Waals surface area contributed by atoms with Crippen LogP contribution in [0.15, 0.2) is 22.7 Å². The van der Waals surface area contributed by atoms with Gasteiger partial charge in [-0.05, 0) is 19.1 Å². The van der Waals surface area contributed by atoms with Crippen molar-refractivity contribution in [2.24, 2.45) is 0 Å². The molecule has 0 atom stereocenters. The van der Waals surface area contributed by atoms with E-state index in [1.807, 2.05) is 13.0 Å².